The maximum absolute atomic E-state index is 11.3. The standard InChI is InChI=1S/C11H20N4O2S/c1-15-10(13-14-11(15)18(12,16)17)8-9-6-4-2-3-5-7-9/h9H,2-8H2,1H3,(H2,12,16,17). The van der Waals surface area contributed by atoms with Gasteiger partial charge in [-0.1, -0.05) is 38.5 Å². The molecule has 0 radical (unpaired) electrons. The van der Waals surface area contributed by atoms with Gasteiger partial charge in [0.1, 0.15) is 5.82 Å². The van der Waals surface area contributed by atoms with E-state index in [0.29, 0.717) is 11.7 Å². The van der Waals surface area contributed by atoms with Gasteiger partial charge in [0.05, 0.1) is 0 Å². The van der Waals surface area contributed by atoms with Crippen molar-refractivity contribution in [1.29, 1.82) is 0 Å². The normalized spacial score (nSPS) is 18.8. The molecule has 102 valence electrons. The van der Waals surface area contributed by atoms with Crippen LogP contribution in [0.3, 0.4) is 0 Å². The minimum atomic E-state index is -3.77. The zero-order valence-electron chi connectivity index (χ0n) is 10.7. The van der Waals surface area contributed by atoms with Gasteiger partial charge in [0, 0.05) is 13.5 Å². The number of nitrogens with zero attached hydrogens (tertiary/aromatic N) is 3. The average molecular weight is 272 g/mol. The van der Waals surface area contributed by atoms with Gasteiger partial charge >= 0.3 is 0 Å². The Labute approximate surface area is 108 Å². The Balaban J connectivity index is 2.12. The van der Waals surface area contributed by atoms with Gasteiger partial charge in [0.2, 0.25) is 0 Å². The van der Waals surface area contributed by atoms with E-state index in [2.05, 4.69) is 10.2 Å². The maximum atomic E-state index is 11.3. The number of rotatable bonds is 3. The molecule has 1 aliphatic carbocycles. The summed E-state index contributed by atoms with van der Waals surface area (Å²) in [7, 11) is -2.11. The van der Waals surface area contributed by atoms with E-state index in [4.69, 9.17) is 5.14 Å². The molecule has 1 heterocycles. The van der Waals surface area contributed by atoms with Gasteiger partial charge < -0.3 is 4.57 Å². The lowest BCUT2D eigenvalue weighted by atomic mass is 9.96. The number of aromatic nitrogens is 3. The van der Waals surface area contributed by atoms with Crippen LogP contribution in [0.2, 0.25) is 0 Å². The average Bonchev–Trinajstić information content (AvgIpc) is 2.51. The molecule has 1 fully saturated rings. The third-order valence-electron chi connectivity index (χ3n) is 3.63. The van der Waals surface area contributed by atoms with Crippen LogP contribution >= 0.6 is 0 Å². The summed E-state index contributed by atoms with van der Waals surface area (Å²) in [6.45, 7) is 0. The van der Waals surface area contributed by atoms with Crippen molar-refractivity contribution in [3.8, 4) is 0 Å². The van der Waals surface area contributed by atoms with E-state index in [9.17, 15) is 8.42 Å². The van der Waals surface area contributed by atoms with E-state index in [1.54, 1.807) is 7.05 Å². The van der Waals surface area contributed by atoms with Gasteiger partial charge in [0.15, 0.2) is 0 Å². The molecule has 2 N–H and O–H groups in total. The quantitative estimate of drug-likeness (QED) is 0.830. The van der Waals surface area contributed by atoms with Crippen molar-refractivity contribution in [2.45, 2.75) is 50.1 Å². The summed E-state index contributed by atoms with van der Waals surface area (Å²) in [6, 6.07) is 0. The van der Waals surface area contributed by atoms with Gasteiger partial charge in [-0.2, -0.15) is 0 Å². The Morgan fingerprint density at radius 1 is 1.22 bits per heavy atom. The molecule has 1 aliphatic rings. The Morgan fingerprint density at radius 2 is 1.83 bits per heavy atom. The van der Waals surface area contributed by atoms with E-state index >= 15 is 0 Å². The van der Waals surface area contributed by atoms with Gasteiger partial charge in [-0.25, -0.2) is 13.6 Å². The smallest absolute Gasteiger partial charge is 0.273 e. The van der Waals surface area contributed by atoms with Crippen LogP contribution in [0.1, 0.15) is 44.3 Å². The lowest BCUT2D eigenvalue weighted by molar-refractivity contribution is 0.440. The van der Waals surface area contributed by atoms with Crippen molar-refractivity contribution >= 4 is 10.0 Å². The number of hydrogen-bond acceptors (Lipinski definition) is 4. The van der Waals surface area contributed by atoms with Gasteiger partial charge in [-0.15, -0.1) is 10.2 Å². The van der Waals surface area contributed by atoms with E-state index < -0.39 is 10.0 Å². The Kier molecular flexibility index (Phi) is 4.01. The molecule has 18 heavy (non-hydrogen) atoms. The van der Waals surface area contributed by atoms with Crippen LogP contribution in [0.4, 0.5) is 0 Å². The molecular formula is C11H20N4O2S. The van der Waals surface area contributed by atoms with Crippen LogP contribution in [0.5, 0.6) is 0 Å². The molecule has 0 spiro atoms. The number of nitrogens with two attached hydrogens (primary N) is 1. The van der Waals surface area contributed by atoms with Crippen LogP contribution in [0, 0.1) is 5.92 Å². The SMILES string of the molecule is Cn1c(CC2CCCCCC2)nnc1S(N)(=O)=O. The molecule has 0 amide bonds. The molecule has 7 heteroatoms. The van der Waals surface area contributed by atoms with Crippen molar-refractivity contribution in [2.75, 3.05) is 0 Å². The molecule has 1 saturated carbocycles. The number of sulfonamides is 1. The molecule has 0 atom stereocenters. The predicted octanol–water partition coefficient (Wildman–Crippen LogP) is 0.975. The summed E-state index contributed by atoms with van der Waals surface area (Å²) >= 11 is 0. The van der Waals surface area contributed by atoms with Crippen LogP contribution in [-0.2, 0) is 23.5 Å². The van der Waals surface area contributed by atoms with Crippen LogP contribution in [0.25, 0.3) is 0 Å². The number of hydrogen-bond donors (Lipinski definition) is 1. The van der Waals surface area contributed by atoms with Crippen LogP contribution in [-0.4, -0.2) is 23.2 Å². The van der Waals surface area contributed by atoms with Gasteiger partial charge in [-0.3, -0.25) is 0 Å². The highest BCUT2D eigenvalue weighted by Gasteiger charge is 2.21. The lowest BCUT2D eigenvalue weighted by Gasteiger charge is -2.12. The topological polar surface area (TPSA) is 90.9 Å². The molecule has 1 aromatic rings. The molecule has 0 aliphatic heterocycles. The van der Waals surface area contributed by atoms with Crippen molar-refractivity contribution in [1.82, 2.24) is 14.8 Å². The molecule has 2 rings (SSSR count). The zero-order valence-corrected chi connectivity index (χ0v) is 11.5. The van der Waals surface area contributed by atoms with Crippen molar-refractivity contribution in [2.24, 2.45) is 18.1 Å². The van der Waals surface area contributed by atoms with Crippen LogP contribution in [0.15, 0.2) is 5.16 Å². The minimum absolute atomic E-state index is 0.147. The highest BCUT2D eigenvalue weighted by atomic mass is 32.2. The van der Waals surface area contributed by atoms with Gasteiger partial charge in [0.25, 0.3) is 15.2 Å². The predicted molar refractivity (Wildman–Crippen MR) is 67.3 cm³/mol. The van der Waals surface area contributed by atoms with E-state index in [0.717, 1.165) is 6.42 Å². The van der Waals surface area contributed by atoms with Gasteiger partial charge in [-0.05, 0) is 5.92 Å². The first-order chi connectivity index (χ1) is 8.48. The Morgan fingerprint density at radius 3 is 2.33 bits per heavy atom. The van der Waals surface area contributed by atoms with Crippen molar-refractivity contribution < 1.29 is 8.42 Å². The summed E-state index contributed by atoms with van der Waals surface area (Å²) in [6.07, 6.45) is 8.29. The zero-order chi connectivity index (χ0) is 13.2. The fourth-order valence-electron chi connectivity index (χ4n) is 2.60. The largest absolute Gasteiger partial charge is 0.304 e. The van der Waals surface area contributed by atoms with E-state index in [-0.39, 0.29) is 5.16 Å². The van der Waals surface area contributed by atoms with Crippen molar-refractivity contribution in [3.05, 3.63) is 5.82 Å². The molecular weight excluding hydrogens is 252 g/mol. The second-order valence-corrected chi connectivity index (χ2v) is 6.52. The fourth-order valence-corrected chi connectivity index (χ4v) is 3.24. The molecule has 0 unspecified atom stereocenters. The lowest BCUT2D eigenvalue weighted by Crippen LogP contribution is -2.18. The van der Waals surface area contributed by atoms with Crippen molar-refractivity contribution in [3.63, 3.8) is 0 Å². The summed E-state index contributed by atoms with van der Waals surface area (Å²) in [4.78, 5) is 0. The molecule has 0 saturated heterocycles. The first-order valence-corrected chi connectivity index (χ1v) is 7.94. The third kappa shape index (κ3) is 3.08. The highest BCUT2D eigenvalue weighted by molar-refractivity contribution is 7.89. The molecule has 0 bridgehead atoms. The monoisotopic (exact) mass is 272 g/mol. The third-order valence-corrected chi connectivity index (χ3v) is 4.49. The first-order valence-electron chi connectivity index (χ1n) is 6.39. The van der Waals surface area contributed by atoms with Crippen LogP contribution < -0.4 is 5.14 Å². The fraction of sp³-hybridized carbons (Fsp3) is 0.818. The highest BCUT2D eigenvalue weighted by Crippen LogP contribution is 2.25. The van der Waals surface area contributed by atoms with E-state index in [1.807, 2.05) is 0 Å². The van der Waals surface area contributed by atoms with E-state index in [1.165, 1.54) is 43.1 Å². The molecule has 0 aromatic carbocycles. The Hall–Kier alpha value is -0.950. The molecule has 6 nitrogen and oxygen atoms in total. The minimum Gasteiger partial charge on any atom is -0.304 e. The second-order valence-electron chi connectivity index (χ2n) is 5.06. The summed E-state index contributed by atoms with van der Waals surface area (Å²) in [5.41, 5.74) is 0. The maximum Gasteiger partial charge on any atom is 0.273 e. The Bertz CT molecular complexity index is 501. The summed E-state index contributed by atoms with van der Waals surface area (Å²) in [5.74, 6) is 1.30. The summed E-state index contributed by atoms with van der Waals surface area (Å²) < 4.78 is 24.0. The second kappa shape index (κ2) is 5.36. The summed E-state index contributed by atoms with van der Waals surface area (Å²) in [5, 5.41) is 12.6. The first kappa shape index (κ1) is 13.5. The molecule has 1 aromatic heterocycles. The number of primary sulfonamides is 1.